The third-order valence-electron chi connectivity index (χ3n) is 5.70. The van der Waals surface area contributed by atoms with E-state index < -0.39 is 5.97 Å². The summed E-state index contributed by atoms with van der Waals surface area (Å²) < 4.78 is 5.81. The van der Waals surface area contributed by atoms with Crippen LogP contribution in [-0.2, 0) is 5.41 Å². The molecule has 27 heavy (non-hydrogen) atoms. The Bertz CT molecular complexity index is 781. The van der Waals surface area contributed by atoms with Gasteiger partial charge in [0, 0.05) is 11.3 Å². The summed E-state index contributed by atoms with van der Waals surface area (Å²) in [5.74, 6) is -0.0633. The maximum absolute atomic E-state index is 11.8. The highest BCUT2D eigenvalue weighted by molar-refractivity contribution is 5.91. The van der Waals surface area contributed by atoms with Crippen LogP contribution in [0.25, 0.3) is 0 Å². The topological polar surface area (TPSA) is 46.5 Å². The molecule has 3 heteroatoms. The number of allylic oxidation sites excluding steroid dienone is 6. The maximum atomic E-state index is 11.8. The van der Waals surface area contributed by atoms with Crippen molar-refractivity contribution >= 4 is 5.97 Å². The average molecular weight is 369 g/mol. The molecule has 2 atom stereocenters. The second-order valence-electron chi connectivity index (χ2n) is 7.87. The number of ether oxygens (including phenoxy) is 1. The third kappa shape index (κ3) is 4.71. The van der Waals surface area contributed by atoms with Gasteiger partial charge in [0.05, 0.1) is 6.10 Å². The number of carboxylic acids is 1. The Kier molecular flexibility index (Phi) is 6.69. The van der Waals surface area contributed by atoms with E-state index in [0.29, 0.717) is 11.7 Å². The molecule has 0 radical (unpaired) electrons. The number of carbonyl (C=O) groups is 1. The molecule has 0 heterocycles. The number of aromatic carboxylic acids is 1. The first-order valence-corrected chi connectivity index (χ1v) is 9.76. The van der Waals surface area contributed by atoms with Gasteiger partial charge in [-0.05, 0) is 56.9 Å². The average Bonchev–Trinajstić information content (AvgIpc) is 2.67. The van der Waals surface area contributed by atoms with E-state index in [1.807, 2.05) is 19.9 Å². The SMILES string of the molecule is C/C=C(\C)C1C=CC(C(C)(C)c2ccc(OC(C)CC)c(C(=O)O)c2)=CC1. The first-order valence-electron chi connectivity index (χ1n) is 9.76. The number of rotatable bonds is 7. The molecule has 1 N–H and O–H groups in total. The number of hydrogen-bond acceptors (Lipinski definition) is 2. The van der Waals surface area contributed by atoms with Crippen molar-refractivity contribution in [2.75, 3.05) is 0 Å². The van der Waals surface area contributed by atoms with Crippen molar-refractivity contribution in [3.63, 3.8) is 0 Å². The summed E-state index contributed by atoms with van der Waals surface area (Å²) in [5, 5.41) is 9.66. The van der Waals surface area contributed by atoms with Crippen LogP contribution in [0, 0.1) is 5.92 Å². The van der Waals surface area contributed by atoms with Gasteiger partial charge >= 0.3 is 5.97 Å². The highest BCUT2D eigenvalue weighted by atomic mass is 16.5. The van der Waals surface area contributed by atoms with Gasteiger partial charge < -0.3 is 9.84 Å². The van der Waals surface area contributed by atoms with Crippen molar-refractivity contribution in [2.24, 2.45) is 5.92 Å². The summed E-state index contributed by atoms with van der Waals surface area (Å²) in [5.41, 5.74) is 3.52. The molecule has 0 bridgehead atoms. The molecule has 1 aromatic carbocycles. The summed E-state index contributed by atoms with van der Waals surface area (Å²) in [4.78, 5) is 11.8. The van der Waals surface area contributed by atoms with E-state index in [2.05, 4.69) is 52.0 Å². The molecule has 2 rings (SSSR count). The number of benzene rings is 1. The maximum Gasteiger partial charge on any atom is 0.339 e. The summed E-state index contributed by atoms with van der Waals surface area (Å²) in [6, 6.07) is 5.55. The Morgan fingerprint density at radius 2 is 2.11 bits per heavy atom. The molecule has 0 aromatic heterocycles. The smallest absolute Gasteiger partial charge is 0.339 e. The van der Waals surface area contributed by atoms with Crippen LogP contribution in [0.15, 0.2) is 53.6 Å². The van der Waals surface area contributed by atoms with Gasteiger partial charge in [-0.1, -0.05) is 56.7 Å². The van der Waals surface area contributed by atoms with Crippen molar-refractivity contribution in [3.8, 4) is 5.75 Å². The van der Waals surface area contributed by atoms with Crippen LogP contribution in [0.1, 0.15) is 70.3 Å². The fourth-order valence-electron chi connectivity index (χ4n) is 3.29. The van der Waals surface area contributed by atoms with Crippen LogP contribution in [-0.4, -0.2) is 17.2 Å². The second kappa shape index (κ2) is 8.60. The standard InChI is InChI=1S/C24H32O3/c1-7-16(3)18-9-11-19(12-10-18)24(5,6)20-13-14-22(27-17(4)8-2)21(15-20)23(25)26/h7,9,11-15,17-18H,8,10H2,1-6H3,(H,25,26)/b16-7+. The van der Waals surface area contributed by atoms with Crippen molar-refractivity contribution < 1.29 is 14.6 Å². The van der Waals surface area contributed by atoms with Crippen molar-refractivity contribution in [2.45, 2.75) is 65.9 Å². The third-order valence-corrected chi connectivity index (χ3v) is 5.70. The zero-order chi connectivity index (χ0) is 20.2. The van der Waals surface area contributed by atoms with Gasteiger partial charge in [0.15, 0.2) is 0 Å². The van der Waals surface area contributed by atoms with Crippen molar-refractivity contribution in [1.29, 1.82) is 0 Å². The molecule has 1 aromatic rings. The van der Waals surface area contributed by atoms with Crippen LogP contribution >= 0.6 is 0 Å². The Labute approximate surface area is 163 Å². The lowest BCUT2D eigenvalue weighted by Crippen LogP contribution is -2.22. The van der Waals surface area contributed by atoms with Gasteiger partial charge in [-0.25, -0.2) is 4.79 Å². The summed E-state index contributed by atoms with van der Waals surface area (Å²) >= 11 is 0. The minimum Gasteiger partial charge on any atom is -0.490 e. The van der Waals surface area contributed by atoms with E-state index in [9.17, 15) is 9.90 Å². The van der Waals surface area contributed by atoms with Crippen LogP contribution < -0.4 is 4.74 Å². The molecule has 2 unspecified atom stereocenters. The zero-order valence-corrected chi connectivity index (χ0v) is 17.4. The first kappa shape index (κ1) is 21.0. The molecule has 0 spiro atoms. The van der Waals surface area contributed by atoms with Crippen LogP contribution in [0.2, 0.25) is 0 Å². The van der Waals surface area contributed by atoms with Gasteiger partial charge in [-0.3, -0.25) is 0 Å². The van der Waals surface area contributed by atoms with E-state index in [1.54, 1.807) is 12.1 Å². The van der Waals surface area contributed by atoms with E-state index in [4.69, 9.17) is 4.74 Å². The molecule has 0 fully saturated rings. The van der Waals surface area contributed by atoms with E-state index >= 15 is 0 Å². The van der Waals surface area contributed by atoms with Gasteiger partial charge in [0.1, 0.15) is 11.3 Å². The van der Waals surface area contributed by atoms with Crippen LogP contribution in [0.5, 0.6) is 5.75 Å². The molecule has 0 aliphatic heterocycles. The molecule has 0 saturated heterocycles. The molecular formula is C24H32O3. The predicted octanol–water partition coefficient (Wildman–Crippen LogP) is 6.31. The summed E-state index contributed by atoms with van der Waals surface area (Å²) in [6.07, 6.45) is 10.7. The second-order valence-corrected chi connectivity index (χ2v) is 7.87. The van der Waals surface area contributed by atoms with Gasteiger partial charge in [0.2, 0.25) is 0 Å². The Morgan fingerprint density at radius 3 is 2.63 bits per heavy atom. The molecule has 1 aliphatic rings. The lowest BCUT2D eigenvalue weighted by Gasteiger charge is -2.31. The van der Waals surface area contributed by atoms with E-state index in [-0.39, 0.29) is 17.1 Å². The first-order chi connectivity index (χ1) is 12.7. The Morgan fingerprint density at radius 1 is 1.41 bits per heavy atom. The van der Waals surface area contributed by atoms with E-state index in [1.165, 1.54) is 11.1 Å². The fourth-order valence-corrected chi connectivity index (χ4v) is 3.29. The molecule has 146 valence electrons. The number of carboxylic acid groups (broad SMARTS) is 1. The molecule has 0 saturated carbocycles. The minimum absolute atomic E-state index is 0.0160. The lowest BCUT2D eigenvalue weighted by molar-refractivity contribution is 0.0689. The highest BCUT2D eigenvalue weighted by Crippen LogP contribution is 2.38. The van der Waals surface area contributed by atoms with Crippen molar-refractivity contribution in [3.05, 3.63) is 64.8 Å². The molecule has 0 amide bonds. The monoisotopic (exact) mass is 368 g/mol. The number of hydrogen-bond donors (Lipinski definition) is 1. The zero-order valence-electron chi connectivity index (χ0n) is 17.4. The summed E-state index contributed by atoms with van der Waals surface area (Å²) in [6.45, 7) is 12.5. The van der Waals surface area contributed by atoms with Gasteiger partial charge in [-0.2, -0.15) is 0 Å². The predicted molar refractivity (Wildman–Crippen MR) is 112 cm³/mol. The lowest BCUT2D eigenvalue weighted by atomic mass is 9.74. The summed E-state index contributed by atoms with van der Waals surface area (Å²) in [7, 11) is 0. The fraction of sp³-hybridized carbons (Fsp3) is 0.458. The molecule has 1 aliphatic carbocycles. The van der Waals surface area contributed by atoms with Crippen LogP contribution in [0.4, 0.5) is 0 Å². The molecular weight excluding hydrogens is 336 g/mol. The van der Waals surface area contributed by atoms with Crippen molar-refractivity contribution in [1.82, 2.24) is 0 Å². The minimum atomic E-state index is -0.956. The normalized spacial score (nSPS) is 18.8. The Balaban J connectivity index is 2.34. The highest BCUT2D eigenvalue weighted by Gasteiger charge is 2.28. The van der Waals surface area contributed by atoms with Gasteiger partial charge in [0.25, 0.3) is 0 Å². The van der Waals surface area contributed by atoms with Crippen LogP contribution in [0.3, 0.4) is 0 Å². The Hall–Kier alpha value is -2.29. The van der Waals surface area contributed by atoms with E-state index in [0.717, 1.165) is 18.4 Å². The van der Waals surface area contributed by atoms with Gasteiger partial charge in [-0.15, -0.1) is 0 Å². The molecule has 3 nitrogen and oxygen atoms in total. The largest absolute Gasteiger partial charge is 0.490 e. The quantitative estimate of drug-likeness (QED) is 0.574.